The number of nitrogens with zero attached hydrogens (tertiary/aromatic N) is 2. The number of carbonyl (C=O) groups is 1. The zero-order valence-corrected chi connectivity index (χ0v) is 11.4. The Morgan fingerprint density at radius 1 is 1.44 bits per heavy atom. The summed E-state index contributed by atoms with van der Waals surface area (Å²) in [5.74, 6) is 0.307. The molecule has 0 fully saturated rings. The summed E-state index contributed by atoms with van der Waals surface area (Å²) in [5, 5.41) is 2.59. The molecule has 2 N–H and O–H groups in total. The number of carbonyl (C=O) groups excluding carboxylic acids is 1. The van der Waals surface area contributed by atoms with Crippen molar-refractivity contribution in [1.29, 1.82) is 0 Å². The largest absolute Gasteiger partial charge is 0.481 e. The lowest BCUT2D eigenvalue weighted by Crippen LogP contribution is -2.15. The molecule has 0 aliphatic heterocycles. The third kappa shape index (κ3) is 2.86. The average Bonchev–Trinajstić information content (AvgIpc) is 2.75. The minimum atomic E-state index is -0.312. The van der Waals surface area contributed by atoms with Crippen LogP contribution in [-0.4, -0.2) is 28.0 Å². The molecule has 2 heterocycles. The van der Waals surface area contributed by atoms with E-state index >= 15 is 0 Å². The second-order valence-electron chi connectivity index (χ2n) is 3.56. The second kappa shape index (κ2) is 5.18. The minimum absolute atomic E-state index is 0.211. The summed E-state index contributed by atoms with van der Waals surface area (Å²) in [6.07, 6.45) is 1.67. The van der Waals surface area contributed by atoms with E-state index in [2.05, 4.69) is 36.2 Å². The monoisotopic (exact) mass is 310 g/mol. The quantitative estimate of drug-likeness (QED) is 0.910. The maximum absolute atomic E-state index is 11.9. The summed E-state index contributed by atoms with van der Waals surface area (Å²) in [6.45, 7) is 1.80. The van der Waals surface area contributed by atoms with Gasteiger partial charge in [0.25, 0.3) is 5.91 Å². The first-order valence-corrected chi connectivity index (χ1v) is 5.92. The van der Waals surface area contributed by atoms with Crippen molar-refractivity contribution in [1.82, 2.24) is 15.0 Å². The molecule has 0 aromatic carbocycles. The predicted molar refractivity (Wildman–Crippen MR) is 69.8 cm³/mol. The highest BCUT2D eigenvalue weighted by molar-refractivity contribution is 9.10. The Labute approximate surface area is 112 Å². The maximum Gasteiger partial charge on any atom is 0.274 e. The van der Waals surface area contributed by atoms with Crippen molar-refractivity contribution in [2.75, 3.05) is 12.4 Å². The van der Waals surface area contributed by atoms with E-state index in [0.717, 1.165) is 4.47 Å². The number of aromatic nitrogens is 3. The molecule has 0 aliphatic carbocycles. The molecule has 2 aromatic heterocycles. The molecule has 0 bridgehead atoms. The molecule has 2 aromatic rings. The van der Waals surface area contributed by atoms with Gasteiger partial charge in [0.05, 0.1) is 7.11 Å². The molecule has 0 radical (unpaired) electrons. The van der Waals surface area contributed by atoms with Crippen molar-refractivity contribution in [3.8, 4) is 5.88 Å². The highest BCUT2D eigenvalue weighted by Crippen LogP contribution is 2.14. The van der Waals surface area contributed by atoms with Gasteiger partial charge in [0.15, 0.2) is 0 Å². The van der Waals surface area contributed by atoms with Crippen LogP contribution in [0, 0.1) is 6.92 Å². The molecular formula is C11H11BrN4O2. The molecule has 0 saturated heterocycles. The number of aromatic amines is 1. The Morgan fingerprint density at radius 2 is 2.22 bits per heavy atom. The Bertz CT molecular complexity index is 582. The molecule has 0 unspecified atom stereocenters. The van der Waals surface area contributed by atoms with Crippen LogP contribution in [-0.2, 0) is 0 Å². The van der Waals surface area contributed by atoms with Crippen LogP contribution in [0.3, 0.4) is 0 Å². The summed E-state index contributed by atoms with van der Waals surface area (Å²) in [7, 11) is 1.51. The smallest absolute Gasteiger partial charge is 0.274 e. The van der Waals surface area contributed by atoms with Crippen molar-refractivity contribution >= 4 is 27.8 Å². The fourth-order valence-electron chi connectivity index (χ4n) is 1.37. The standard InChI is InChI=1S/C11H11BrN4O2/c1-6-3-9(18-2)15-11(14-6)16-10(17)8-4-7(12)5-13-8/h3-5,13H,1-2H3,(H,14,15,16,17). The molecule has 94 valence electrons. The first-order chi connectivity index (χ1) is 8.58. The molecule has 0 atom stereocenters. The van der Waals surface area contributed by atoms with Gasteiger partial charge in [-0.05, 0) is 28.9 Å². The van der Waals surface area contributed by atoms with E-state index < -0.39 is 0 Å². The second-order valence-corrected chi connectivity index (χ2v) is 4.48. The molecular weight excluding hydrogens is 300 g/mol. The number of ether oxygens (including phenoxy) is 1. The molecule has 6 nitrogen and oxygen atoms in total. The van der Waals surface area contributed by atoms with Gasteiger partial charge in [-0.2, -0.15) is 4.98 Å². The number of hydrogen-bond acceptors (Lipinski definition) is 4. The van der Waals surface area contributed by atoms with Crippen LogP contribution in [0.2, 0.25) is 0 Å². The van der Waals surface area contributed by atoms with Gasteiger partial charge in [0, 0.05) is 22.4 Å². The lowest BCUT2D eigenvalue weighted by molar-refractivity contribution is 0.102. The van der Waals surface area contributed by atoms with Crippen LogP contribution >= 0.6 is 15.9 Å². The summed E-state index contributed by atoms with van der Waals surface area (Å²) in [5.41, 5.74) is 1.13. The fourth-order valence-corrected chi connectivity index (χ4v) is 1.71. The summed E-state index contributed by atoms with van der Waals surface area (Å²) in [6, 6.07) is 3.35. The van der Waals surface area contributed by atoms with Crippen molar-refractivity contribution < 1.29 is 9.53 Å². The van der Waals surface area contributed by atoms with E-state index in [9.17, 15) is 4.79 Å². The SMILES string of the molecule is COc1cc(C)nc(NC(=O)c2cc(Br)c[nH]2)n1. The van der Waals surface area contributed by atoms with E-state index in [4.69, 9.17) is 4.74 Å². The van der Waals surface area contributed by atoms with E-state index in [1.54, 1.807) is 25.3 Å². The van der Waals surface area contributed by atoms with Gasteiger partial charge in [-0.3, -0.25) is 10.1 Å². The van der Waals surface area contributed by atoms with Gasteiger partial charge in [0.1, 0.15) is 5.69 Å². The number of halogens is 1. The number of rotatable bonds is 3. The minimum Gasteiger partial charge on any atom is -0.481 e. The van der Waals surface area contributed by atoms with Gasteiger partial charge < -0.3 is 9.72 Å². The number of methoxy groups -OCH3 is 1. The molecule has 18 heavy (non-hydrogen) atoms. The first-order valence-electron chi connectivity index (χ1n) is 5.13. The zero-order chi connectivity index (χ0) is 13.1. The van der Waals surface area contributed by atoms with Crippen LogP contribution in [0.25, 0.3) is 0 Å². The van der Waals surface area contributed by atoms with Crippen LogP contribution in [0.5, 0.6) is 5.88 Å². The maximum atomic E-state index is 11.9. The number of hydrogen-bond donors (Lipinski definition) is 2. The highest BCUT2D eigenvalue weighted by atomic mass is 79.9. The van der Waals surface area contributed by atoms with E-state index in [-0.39, 0.29) is 11.9 Å². The topological polar surface area (TPSA) is 79.9 Å². The molecule has 0 aliphatic rings. The third-order valence-electron chi connectivity index (χ3n) is 2.16. The van der Waals surface area contributed by atoms with Crippen molar-refractivity contribution in [2.24, 2.45) is 0 Å². The molecule has 0 spiro atoms. The van der Waals surface area contributed by atoms with Crippen LogP contribution in [0.15, 0.2) is 22.8 Å². The first kappa shape index (κ1) is 12.6. The molecule has 0 saturated carbocycles. The number of H-pyrrole nitrogens is 1. The normalized spacial score (nSPS) is 10.2. The van der Waals surface area contributed by atoms with Crippen LogP contribution in [0.1, 0.15) is 16.2 Å². The lowest BCUT2D eigenvalue weighted by atomic mass is 10.4. The lowest BCUT2D eigenvalue weighted by Gasteiger charge is -2.05. The van der Waals surface area contributed by atoms with E-state index in [0.29, 0.717) is 17.3 Å². The Morgan fingerprint density at radius 3 is 2.83 bits per heavy atom. The van der Waals surface area contributed by atoms with Gasteiger partial charge >= 0.3 is 0 Å². The Kier molecular flexibility index (Phi) is 3.61. The summed E-state index contributed by atoms with van der Waals surface area (Å²) in [4.78, 5) is 22.8. The van der Waals surface area contributed by atoms with Crippen LogP contribution in [0.4, 0.5) is 5.95 Å². The number of aryl methyl sites for hydroxylation is 1. The number of nitrogens with one attached hydrogen (secondary N) is 2. The Balaban J connectivity index is 2.18. The van der Waals surface area contributed by atoms with Gasteiger partial charge in [-0.15, -0.1) is 0 Å². The highest BCUT2D eigenvalue weighted by Gasteiger charge is 2.11. The van der Waals surface area contributed by atoms with Crippen molar-refractivity contribution in [3.63, 3.8) is 0 Å². The van der Waals surface area contributed by atoms with Crippen molar-refractivity contribution in [2.45, 2.75) is 6.92 Å². The van der Waals surface area contributed by atoms with E-state index in [1.807, 2.05) is 0 Å². The zero-order valence-electron chi connectivity index (χ0n) is 9.82. The molecule has 7 heteroatoms. The molecule has 2 rings (SSSR count). The third-order valence-corrected chi connectivity index (χ3v) is 2.62. The van der Waals surface area contributed by atoms with Crippen molar-refractivity contribution in [3.05, 3.63) is 34.2 Å². The Hall–Kier alpha value is -1.89. The predicted octanol–water partition coefficient (Wildman–Crippen LogP) is 2.14. The summed E-state index contributed by atoms with van der Waals surface area (Å²) < 4.78 is 5.81. The van der Waals surface area contributed by atoms with Crippen LogP contribution < -0.4 is 10.1 Å². The molecule has 1 amide bonds. The van der Waals surface area contributed by atoms with Gasteiger partial charge in [-0.1, -0.05) is 0 Å². The van der Waals surface area contributed by atoms with Gasteiger partial charge in [-0.25, -0.2) is 4.98 Å². The number of amides is 1. The summed E-state index contributed by atoms with van der Waals surface area (Å²) >= 11 is 3.26. The fraction of sp³-hybridized carbons (Fsp3) is 0.182. The van der Waals surface area contributed by atoms with E-state index in [1.165, 1.54) is 7.11 Å². The van der Waals surface area contributed by atoms with Gasteiger partial charge in [0.2, 0.25) is 11.8 Å². The number of anilines is 1. The average molecular weight is 311 g/mol.